The molecule has 7 nitrogen and oxygen atoms in total. The molecule has 0 radical (unpaired) electrons. The molecule has 0 unspecified atom stereocenters. The molecule has 1 aromatic carbocycles. The SMILES string of the molecule is CCOC(=O)c1c(C2CC2)csc1NC(=O)COC(=O)c1c[nH]c2ccccc12. The lowest BCUT2D eigenvalue weighted by Crippen LogP contribution is -2.21. The van der Waals surface area contributed by atoms with Gasteiger partial charge in [0.1, 0.15) is 5.00 Å². The number of para-hydroxylation sites is 1. The number of hydrogen-bond acceptors (Lipinski definition) is 6. The van der Waals surface area contributed by atoms with E-state index in [9.17, 15) is 14.4 Å². The lowest BCUT2D eigenvalue weighted by Gasteiger charge is -2.08. The Labute approximate surface area is 171 Å². The van der Waals surface area contributed by atoms with Crippen molar-refractivity contribution in [2.24, 2.45) is 0 Å². The molecule has 1 fully saturated rings. The third kappa shape index (κ3) is 4.02. The van der Waals surface area contributed by atoms with E-state index in [0.29, 0.717) is 22.0 Å². The number of thiophene rings is 1. The maximum atomic E-state index is 12.4. The van der Waals surface area contributed by atoms with Gasteiger partial charge in [0.05, 0.1) is 17.7 Å². The molecule has 4 rings (SSSR count). The van der Waals surface area contributed by atoms with Crippen molar-refractivity contribution in [1.29, 1.82) is 0 Å². The molecular formula is C21H20N2O5S. The number of benzene rings is 1. The van der Waals surface area contributed by atoms with Crippen LogP contribution in [-0.4, -0.2) is 36.0 Å². The van der Waals surface area contributed by atoms with Gasteiger partial charge < -0.3 is 19.8 Å². The molecule has 1 aliphatic carbocycles. The number of carbonyl (C=O) groups is 3. The van der Waals surface area contributed by atoms with E-state index in [1.165, 1.54) is 11.3 Å². The Kier molecular flexibility index (Phi) is 5.35. The number of hydrogen-bond donors (Lipinski definition) is 2. The van der Waals surface area contributed by atoms with Crippen molar-refractivity contribution in [3.05, 3.63) is 52.5 Å². The standard InChI is InChI=1S/C21H20N2O5S/c1-2-27-21(26)18-15(12-7-8-12)11-29-19(18)23-17(24)10-28-20(25)14-9-22-16-6-4-3-5-13(14)16/h3-6,9,11-12,22H,2,7-8,10H2,1H3,(H,23,24). The van der Waals surface area contributed by atoms with E-state index in [1.807, 2.05) is 23.6 Å². The monoisotopic (exact) mass is 412 g/mol. The lowest BCUT2D eigenvalue weighted by atomic mass is 10.1. The molecule has 0 saturated heterocycles. The molecule has 2 aromatic heterocycles. The molecule has 0 spiro atoms. The number of ether oxygens (including phenoxy) is 2. The largest absolute Gasteiger partial charge is 0.462 e. The summed E-state index contributed by atoms with van der Waals surface area (Å²) in [6.07, 6.45) is 3.61. The van der Waals surface area contributed by atoms with Crippen molar-refractivity contribution < 1.29 is 23.9 Å². The summed E-state index contributed by atoms with van der Waals surface area (Å²) in [5, 5.41) is 5.73. The average molecular weight is 412 g/mol. The van der Waals surface area contributed by atoms with Crippen LogP contribution in [0.5, 0.6) is 0 Å². The molecule has 8 heteroatoms. The van der Waals surface area contributed by atoms with Gasteiger partial charge in [-0.15, -0.1) is 11.3 Å². The van der Waals surface area contributed by atoms with Gasteiger partial charge in [-0.25, -0.2) is 9.59 Å². The Morgan fingerprint density at radius 3 is 2.72 bits per heavy atom. The Morgan fingerprint density at radius 1 is 1.17 bits per heavy atom. The van der Waals surface area contributed by atoms with Crippen LogP contribution in [-0.2, 0) is 14.3 Å². The smallest absolute Gasteiger partial charge is 0.341 e. The zero-order chi connectivity index (χ0) is 20.4. The fraction of sp³-hybridized carbons (Fsp3) is 0.286. The normalized spacial score (nSPS) is 13.3. The molecule has 29 heavy (non-hydrogen) atoms. The van der Waals surface area contributed by atoms with Crippen LogP contribution in [0.15, 0.2) is 35.8 Å². The Balaban J connectivity index is 1.42. The summed E-state index contributed by atoms with van der Waals surface area (Å²) < 4.78 is 10.3. The average Bonchev–Trinajstić information content (AvgIpc) is 3.33. The van der Waals surface area contributed by atoms with Crippen LogP contribution in [0.4, 0.5) is 5.00 Å². The van der Waals surface area contributed by atoms with Crippen LogP contribution in [0.3, 0.4) is 0 Å². The molecule has 2 N–H and O–H groups in total. The van der Waals surface area contributed by atoms with Crippen LogP contribution >= 0.6 is 11.3 Å². The van der Waals surface area contributed by atoms with E-state index in [-0.39, 0.29) is 6.61 Å². The fourth-order valence-electron chi connectivity index (χ4n) is 3.18. The van der Waals surface area contributed by atoms with E-state index in [4.69, 9.17) is 9.47 Å². The third-order valence-corrected chi connectivity index (χ3v) is 5.63. The predicted molar refractivity (Wildman–Crippen MR) is 109 cm³/mol. The maximum Gasteiger partial charge on any atom is 0.341 e. The van der Waals surface area contributed by atoms with E-state index in [0.717, 1.165) is 29.3 Å². The number of rotatable bonds is 7. The predicted octanol–water partition coefficient (Wildman–Crippen LogP) is 4.08. The molecule has 0 bridgehead atoms. The highest BCUT2D eigenvalue weighted by molar-refractivity contribution is 7.15. The minimum Gasteiger partial charge on any atom is -0.462 e. The fourth-order valence-corrected chi connectivity index (χ4v) is 4.23. The van der Waals surface area contributed by atoms with Crippen LogP contribution in [0.2, 0.25) is 0 Å². The van der Waals surface area contributed by atoms with Gasteiger partial charge in [-0.1, -0.05) is 18.2 Å². The van der Waals surface area contributed by atoms with Crippen molar-refractivity contribution in [2.45, 2.75) is 25.7 Å². The highest BCUT2D eigenvalue weighted by Crippen LogP contribution is 2.46. The highest BCUT2D eigenvalue weighted by atomic mass is 32.1. The molecule has 2 heterocycles. The summed E-state index contributed by atoms with van der Waals surface area (Å²) in [7, 11) is 0. The summed E-state index contributed by atoms with van der Waals surface area (Å²) in [5.41, 5.74) is 2.51. The van der Waals surface area contributed by atoms with Gasteiger partial charge in [0.25, 0.3) is 5.91 Å². The van der Waals surface area contributed by atoms with Gasteiger partial charge in [-0.05, 0) is 42.7 Å². The summed E-state index contributed by atoms with van der Waals surface area (Å²) in [4.78, 5) is 40.0. The van der Waals surface area contributed by atoms with Gasteiger partial charge in [-0.2, -0.15) is 0 Å². The summed E-state index contributed by atoms with van der Waals surface area (Å²) >= 11 is 1.28. The molecule has 1 amide bonds. The highest BCUT2D eigenvalue weighted by Gasteiger charge is 2.32. The number of amides is 1. The lowest BCUT2D eigenvalue weighted by molar-refractivity contribution is -0.119. The van der Waals surface area contributed by atoms with Crippen molar-refractivity contribution in [3.8, 4) is 0 Å². The minimum atomic E-state index is -0.590. The van der Waals surface area contributed by atoms with Crippen molar-refractivity contribution >= 4 is 45.1 Å². The minimum absolute atomic E-state index is 0.258. The number of aromatic nitrogens is 1. The van der Waals surface area contributed by atoms with Crippen LogP contribution in [0, 0.1) is 0 Å². The van der Waals surface area contributed by atoms with E-state index in [1.54, 1.807) is 19.2 Å². The quantitative estimate of drug-likeness (QED) is 0.570. The van der Waals surface area contributed by atoms with Crippen molar-refractivity contribution in [2.75, 3.05) is 18.5 Å². The summed E-state index contributed by atoms with van der Waals surface area (Å²) in [5.74, 6) is -1.20. The van der Waals surface area contributed by atoms with Crippen LogP contribution < -0.4 is 5.32 Å². The number of aromatic amines is 1. The van der Waals surface area contributed by atoms with E-state index < -0.39 is 24.5 Å². The third-order valence-electron chi connectivity index (χ3n) is 4.71. The van der Waals surface area contributed by atoms with Gasteiger partial charge in [0, 0.05) is 17.1 Å². The number of H-pyrrole nitrogens is 1. The number of carbonyl (C=O) groups excluding carboxylic acids is 3. The summed E-state index contributed by atoms with van der Waals surface area (Å²) in [6.45, 7) is 1.55. The van der Waals surface area contributed by atoms with E-state index >= 15 is 0 Å². The Bertz CT molecular complexity index is 1080. The zero-order valence-electron chi connectivity index (χ0n) is 15.8. The zero-order valence-corrected chi connectivity index (χ0v) is 16.6. The van der Waals surface area contributed by atoms with Gasteiger partial charge >= 0.3 is 11.9 Å². The van der Waals surface area contributed by atoms with E-state index in [2.05, 4.69) is 10.3 Å². The second kappa shape index (κ2) is 8.08. The van der Waals surface area contributed by atoms with Gasteiger partial charge in [0.2, 0.25) is 0 Å². The molecule has 0 atom stereocenters. The number of anilines is 1. The Morgan fingerprint density at radius 2 is 1.97 bits per heavy atom. The number of esters is 2. The molecule has 0 aliphatic heterocycles. The molecule has 1 aliphatic rings. The van der Waals surface area contributed by atoms with Gasteiger partial charge in [-0.3, -0.25) is 4.79 Å². The molecule has 150 valence electrons. The second-order valence-corrected chi connectivity index (χ2v) is 7.64. The second-order valence-electron chi connectivity index (χ2n) is 6.76. The molecule has 1 saturated carbocycles. The first-order valence-electron chi connectivity index (χ1n) is 9.40. The van der Waals surface area contributed by atoms with Crippen molar-refractivity contribution in [3.63, 3.8) is 0 Å². The summed E-state index contributed by atoms with van der Waals surface area (Å²) in [6, 6.07) is 7.34. The maximum absolute atomic E-state index is 12.4. The first-order valence-corrected chi connectivity index (χ1v) is 10.3. The van der Waals surface area contributed by atoms with Crippen LogP contribution in [0.1, 0.15) is 52.0 Å². The number of nitrogens with one attached hydrogen (secondary N) is 2. The first kappa shape index (κ1) is 19.2. The first-order chi connectivity index (χ1) is 14.1. The number of fused-ring (bicyclic) bond motifs is 1. The van der Waals surface area contributed by atoms with Crippen molar-refractivity contribution in [1.82, 2.24) is 4.98 Å². The van der Waals surface area contributed by atoms with Gasteiger partial charge in [0.15, 0.2) is 6.61 Å². The molecular weight excluding hydrogens is 392 g/mol. The topological polar surface area (TPSA) is 97.5 Å². The molecule has 3 aromatic rings. The van der Waals surface area contributed by atoms with Crippen LogP contribution in [0.25, 0.3) is 10.9 Å². The Hall–Kier alpha value is -3.13.